The standard InChI is InChI=1S/C15H24N4O2/c1-6-20-11(4)17-14-8-10(3)13(9-16)15(19-14)18-12(5)21-7-2/h8,11-12H,6-7H2,1-5H3,(H2,17,18,19). The Hall–Kier alpha value is -1.84. The van der Waals surface area contributed by atoms with Crippen molar-refractivity contribution in [2.24, 2.45) is 0 Å². The van der Waals surface area contributed by atoms with Crippen molar-refractivity contribution in [3.8, 4) is 6.07 Å². The Morgan fingerprint density at radius 2 is 1.76 bits per heavy atom. The van der Waals surface area contributed by atoms with Crippen LogP contribution < -0.4 is 10.6 Å². The molecule has 1 aromatic rings. The first-order valence-electron chi connectivity index (χ1n) is 7.19. The molecule has 0 aromatic carbocycles. The van der Waals surface area contributed by atoms with Gasteiger partial charge >= 0.3 is 0 Å². The molecule has 0 bridgehead atoms. The molecule has 0 spiro atoms. The summed E-state index contributed by atoms with van der Waals surface area (Å²) in [5.74, 6) is 1.18. The van der Waals surface area contributed by atoms with E-state index in [4.69, 9.17) is 9.47 Å². The molecule has 0 fully saturated rings. The zero-order valence-electron chi connectivity index (χ0n) is 13.4. The van der Waals surface area contributed by atoms with Crippen molar-refractivity contribution in [3.63, 3.8) is 0 Å². The number of rotatable bonds is 8. The molecule has 0 saturated heterocycles. The van der Waals surface area contributed by atoms with E-state index in [0.717, 1.165) is 5.56 Å². The minimum Gasteiger partial charge on any atom is -0.359 e. The quantitative estimate of drug-likeness (QED) is 0.717. The summed E-state index contributed by atoms with van der Waals surface area (Å²) in [5.41, 5.74) is 1.38. The Balaban J connectivity index is 2.98. The van der Waals surface area contributed by atoms with Crippen molar-refractivity contribution in [1.82, 2.24) is 4.98 Å². The van der Waals surface area contributed by atoms with Crippen molar-refractivity contribution in [2.45, 2.75) is 47.1 Å². The fraction of sp³-hybridized carbons (Fsp3) is 0.600. The van der Waals surface area contributed by atoms with Gasteiger partial charge in [-0.1, -0.05) is 0 Å². The van der Waals surface area contributed by atoms with Gasteiger partial charge < -0.3 is 20.1 Å². The van der Waals surface area contributed by atoms with Crippen LogP contribution in [-0.2, 0) is 9.47 Å². The molecule has 0 aliphatic rings. The molecule has 6 nitrogen and oxygen atoms in total. The predicted octanol–water partition coefficient (Wildman–Crippen LogP) is 2.85. The molecule has 116 valence electrons. The summed E-state index contributed by atoms with van der Waals surface area (Å²) >= 11 is 0. The maximum Gasteiger partial charge on any atom is 0.148 e. The lowest BCUT2D eigenvalue weighted by Gasteiger charge is -2.19. The lowest BCUT2D eigenvalue weighted by Crippen LogP contribution is -2.23. The van der Waals surface area contributed by atoms with E-state index >= 15 is 0 Å². The lowest BCUT2D eigenvalue weighted by molar-refractivity contribution is 0.0953. The van der Waals surface area contributed by atoms with Gasteiger partial charge in [0, 0.05) is 13.2 Å². The van der Waals surface area contributed by atoms with Gasteiger partial charge in [0.2, 0.25) is 0 Å². The maximum absolute atomic E-state index is 9.28. The molecule has 6 heteroatoms. The summed E-state index contributed by atoms with van der Waals surface area (Å²) in [5, 5.41) is 15.6. The average Bonchev–Trinajstić information content (AvgIpc) is 2.38. The molecule has 2 unspecified atom stereocenters. The van der Waals surface area contributed by atoms with Crippen LogP contribution >= 0.6 is 0 Å². The Bertz CT molecular complexity index is 499. The summed E-state index contributed by atoms with van der Waals surface area (Å²) in [6, 6.07) is 4.02. The molecular weight excluding hydrogens is 268 g/mol. The van der Waals surface area contributed by atoms with Gasteiger partial charge in [0.05, 0.1) is 5.56 Å². The summed E-state index contributed by atoms with van der Waals surface area (Å²) in [6.45, 7) is 10.7. The Labute approximate surface area is 126 Å². The maximum atomic E-state index is 9.28. The van der Waals surface area contributed by atoms with Crippen LogP contribution in [0.5, 0.6) is 0 Å². The van der Waals surface area contributed by atoms with Crippen LogP contribution in [0.25, 0.3) is 0 Å². The summed E-state index contributed by atoms with van der Waals surface area (Å²) in [4.78, 5) is 4.44. The molecule has 1 aromatic heterocycles. The SMILES string of the molecule is CCOC(C)Nc1cc(C)c(C#N)c(NC(C)OCC)n1. The molecule has 2 atom stereocenters. The van der Waals surface area contributed by atoms with Crippen molar-refractivity contribution in [1.29, 1.82) is 5.26 Å². The number of aromatic nitrogens is 1. The highest BCUT2D eigenvalue weighted by atomic mass is 16.5. The number of aryl methyl sites for hydroxylation is 1. The third-order valence-electron chi connectivity index (χ3n) is 2.85. The van der Waals surface area contributed by atoms with Gasteiger partial charge in [-0.05, 0) is 46.2 Å². The minimum atomic E-state index is -0.214. The van der Waals surface area contributed by atoms with Crippen LogP contribution in [-0.4, -0.2) is 30.7 Å². The number of ether oxygens (including phenoxy) is 2. The van der Waals surface area contributed by atoms with Crippen molar-refractivity contribution >= 4 is 11.6 Å². The second kappa shape index (κ2) is 8.45. The summed E-state index contributed by atoms with van der Waals surface area (Å²) in [6.07, 6.45) is -0.361. The number of hydrogen-bond acceptors (Lipinski definition) is 6. The monoisotopic (exact) mass is 292 g/mol. The Morgan fingerprint density at radius 3 is 2.29 bits per heavy atom. The number of pyridine rings is 1. The Morgan fingerprint density at radius 1 is 1.19 bits per heavy atom. The van der Waals surface area contributed by atoms with Crippen LogP contribution in [0, 0.1) is 18.3 Å². The highest BCUT2D eigenvalue weighted by Crippen LogP contribution is 2.22. The first-order chi connectivity index (χ1) is 10.0. The number of nitriles is 1. The van der Waals surface area contributed by atoms with Gasteiger partial charge in [0.15, 0.2) is 0 Å². The molecule has 1 heterocycles. The highest BCUT2D eigenvalue weighted by Gasteiger charge is 2.13. The van der Waals surface area contributed by atoms with E-state index in [1.165, 1.54) is 0 Å². The topological polar surface area (TPSA) is 79.2 Å². The molecule has 0 amide bonds. The van der Waals surface area contributed by atoms with Crippen LogP contribution in [0.1, 0.15) is 38.8 Å². The first-order valence-corrected chi connectivity index (χ1v) is 7.19. The molecule has 21 heavy (non-hydrogen) atoms. The third-order valence-corrected chi connectivity index (χ3v) is 2.85. The zero-order chi connectivity index (χ0) is 15.8. The predicted molar refractivity (Wildman–Crippen MR) is 83.1 cm³/mol. The van der Waals surface area contributed by atoms with E-state index in [0.29, 0.717) is 30.4 Å². The molecule has 0 aliphatic carbocycles. The number of hydrogen-bond donors (Lipinski definition) is 2. The second-order valence-corrected chi connectivity index (χ2v) is 4.64. The van der Waals surface area contributed by atoms with E-state index in [1.807, 2.05) is 40.7 Å². The van der Waals surface area contributed by atoms with Crippen LogP contribution in [0.2, 0.25) is 0 Å². The average molecular weight is 292 g/mol. The molecule has 0 radical (unpaired) electrons. The van der Waals surface area contributed by atoms with E-state index in [2.05, 4.69) is 21.7 Å². The van der Waals surface area contributed by atoms with Gasteiger partial charge in [-0.25, -0.2) is 4.98 Å². The van der Waals surface area contributed by atoms with Gasteiger partial charge in [0.25, 0.3) is 0 Å². The normalized spacial score (nSPS) is 13.3. The fourth-order valence-corrected chi connectivity index (χ4v) is 1.98. The number of anilines is 2. The summed E-state index contributed by atoms with van der Waals surface area (Å²) in [7, 11) is 0. The second-order valence-electron chi connectivity index (χ2n) is 4.64. The van der Waals surface area contributed by atoms with Crippen molar-refractivity contribution in [3.05, 3.63) is 17.2 Å². The highest BCUT2D eigenvalue weighted by molar-refractivity contribution is 5.61. The van der Waals surface area contributed by atoms with Crippen molar-refractivity contribution < 1.29 is 9.47 Å². The molecule has 0 aliphatic heterocycles. The van der Waals surface area contributed by atoms with E-state index < -0.39 is 0 Å². The van der Waals surface area contributed by atoms with E-state index in [1.54, 1.807) is 0 Å². The van der Waals surface area contributed by atoms with Gasteiger partial charge in [-0.3, -0.25) is 0 Å². The third kappa shape index (κ3) is 5.21. The van der Waals surface area contributed by atoms with E-state index in [9.17, 15) is 5.26 Å². The fourth-order valence-electron chi connectivity index (χ4n) is 1.98. The number of nitrogens with zero attached hydrogens (tertiary/aromatic N) is 2. The van der Waals surface area contributed by atoms with E-state index in [-0.39, 0.29) is 12.5 Å². The summed E-state index contributed by atoms with van der Waals surface area (Å²) < 4.78 is 10.9. The minimum absolute atomic E-state index is 0.146. The van der Waals surface area contributed by atoms with Crippen LogP contribution in [0.3, 0.4) is 0 Å². The van der Waals surface area contributed by atoms with Gasteiger partial charge in [-0.2, -0.15) is 5.26 Å². The number of nitrogens with one attached hydrogen (secondary N) is 2. The van der Waals surface area contributed by atoms with Gasteiger partial charge in [-0.15, -0.1) is 0 Å². The first kappa shape index (κ1) is 17.2. The lowest BCUT2D eigenvalue weighted by atomic mass is 10.1. The smallest absolute Gasteiger partial charge is 0.148 e. The zero-order valence-corrected chi connectivity index (χ0v) is 13.4. The molecule has 0 saturated carbocycles. The van der Waals surface area contributed by atoms with Crippen molar-refractivity contribution in [2.75, 3.05) is 23.8 Å². The molecule has 1 rings (SSSR count). The Kier molecular flexibility index (Phi) is 6.92. The van der Waals surface area contributed by atoms with Gasteiger partial charge in [0.1, 0.15) is 30.2 Å². The molecule has 2 N–H and O–H groups in total. The van der Waals surface area contributed by atoms with Crippen LogP contribution in [0.15, 0.2) is 6.07 Å². The largest absolute Gasteiger partial charge is 0.359 e. The molecular formula is C15H24N4O2. The van der Waals surface area contributed by atoms with Crippen LogP contribution in [0.4, 0.5) is 11.6 Å².